The second-order valence-corrected chi connectivity index (χ2v) is 7.85. The SMILES string of the molecule is Cc1nnc(C(C)Sc2nnc(COc3ccccc3Cl)n2C2CC2)o1. The van der Waals surface area contributed by atoms with E-state index in [0.717, 1.165) is 23.8 Å². The molecule has 0 spiro atoms. The van der Waals surface area contributed by atoms with Crippen molar-refractivity contribution in [1.29, 1.82) is 0 Å². The molecule has 2 heterocycles. The van der Waals surface area contributed by atoms with E-state index in [1.54, 1.807) is 24.8 Å². The van der Waals surface area contributed by atoms with Gasteiger partial charge in [-0.25, -0.2) is 0 Å². The number of rotatable bonds is 7. The first-order valence-electron chi connectivity index (χ1n) is 8.39. The van der Waals surface area contributed by atoms with Crippen LogP contribution in [0.15, 0.2) is 33.8 Å². The molecule has 3 aromatic rings. The molecule has 1 saturated carbocycles. The Bertz CT molecular complexity index is 908. The second-order valence-electron chi connectivity index (χ2n) is 6.14. The van der Waals surface area contributed by atoms with Crippen LogP contribution in [0.5, 0.6) is 5.75 Å². The van der Waals surface area contributed by atoms with Crippen molar-refractivity contribution in [2.45, 2.75) is 49.7 Å². The number of hydrogen-bond donors (Lipinski definition) is 0. The topological polar surface area (TPSA) is 78.9 Å². The highest BCUT2D eigenvalue weighted by molar-refractivity contribution is 7.99. The van der Waals surface area contributed by atoms with Crippen LogP contribution >= 0.6 is 23.4 Å². The molecule has 0 amide bonds. The summed E-state index contributed by atoms with van der Waals surface area (Å²) in [6.07, 6.45) is 2.25. The molecule has 26 heavy (non-hydrogen) atoms. The zero-order chi connectivity index (χ0) is 18.1. The molecule has 1 atom stereocenters. The van der Waals surface area contributed by atoms with Crippen LogP contribution in [-0.4, -0.2) is 25.0 Å². The molecule has 0 bridgehead atoms. The van der Waals surface area contributed by atoms with Crippen LogP contribution in [0.4, 0.5) is 0 Å². The Morgan fingerprint density at radius 2 is 2.08 bits per heavy atom. The number of aromatic nitrogens is 5. The third-order valence-corrected chi connectivity index (χ3v) is 5.37. The summed E-state index contributed by atoms with van der Waals surface area (Å²) in [7, 11) is 0. The van der Waals surface area contributed by atoms with E-state index in [2.05, 4.69) is 25.0 Å². The van der Waals surface area contributed by atoms with Crippen molar-refractivity contribution in [2.24, 2.45) is 0 Å². The average Bonchev–Trinajstić information content (AvgIpc) is 3.24. The third kappa shape index (κ3) is 3.71. The molecule has 0 saturated heterocycles. The minimum atomic E-state index is -0.00441. The van der Waals surface area contributed by atoms with Gasteiger partial charge in [0.05, 0.1) is 10.3 Å². The fourth-order valence-corrected chi connectivity index (χ4v) is 3.73. The van der Waals surface area contributed by atoms with Gasteiger partial charge in [0, 0.05) is 13.0 Å². The number of benzene rings is 1. The Hall–Kier alpha value is -2.06. The van der Waals surface area contributed by atoms with Crippen LogP contribution in [-0.2, 0) is 6.61 Å². The van der Waals surface area contributed by atoms with Crippen molar-refractivity contribution >= 4 is 23.4 Å². The van der Waals surface area contributed by atoms with E-state index in [-0.39, 0.29) is 5.25 Å². The zero-order valence-electron chi connectivity index (χ0n) is 14.4. The van der Waals surface area contributed by atoms with E-state index in [0.29, 0.717) is 35.2 Å². The Balaban J connectivity index is 1.51. The van der Waals surface area contributed by atoms with Gasteiger partial charge in [-0.2, -0.15) is 0 Å². The normalized spacial score (nSPS) is 15.2. The molecule has 7 nitrogen and oxygen atoms in total. The molecular weight excluding hydrogens is 374 g/mol. The lowest BCUT2D eigenvalue weighted by Crippen LogP contribution is -2.07. The van der Waals surface area contributed by atoms with Gasteiger partial charge >= 0.3 is 0 Å². The fourth-order valence-electron chi connectivity index (χ4n) is 2.57. The number of ether oxygens (including phenoxy) is 1. The van der Waals surface area contributed by atoms with E-state index in [1.807, 2.05) is 25.1 Å². The summed E-state index contributed by atoms with van der Waals surface area (Å²) in [5.41, 5.74) is 0. The van der Waals surface area contributed by atoms with E-state index in [4.69, 9.17) is 20.8 Å². The van der Waals surface area contributed by atoms with Gasteiger partial charge in [-0.1, -0.05) is 35.5 Å². The highest BCUT2D eigenvalue weighted by Crippen LogP contribution is 2.42. The summed E-state index contributed by atoms with van der Waals surface area (Å²) in [6.45, 7) is 4.12. The van der Waals surface area contributed by atoms with Crippen molar-refractivity contribution in [1.82, 2.24) is 25.0 Å². The first kappa shape index (κ1) is 17.4. The maximum atomic E-state index is 6.15. The molecule has 2 aromatic heterocycles. The zero-order valence-corrected chi connectivity index (χ0v) is 16.0. The van der Waals surface area contributed by atoms with E-state index in [1.165, 1.54) is 0 Å². The van der Waals surface area contributed by atoms with E-state index in [9.17, 15) is 0 Å². The van der Waals surface area contributed by atoms with Gasteiger partial charge in [-0.15, -0.1) is 20.4 Å². The highest BCUT2D eigenvalue weighted by Gasteiger charge is 2.31. The quantitative estimate of drug-likeness (QED) is 0.552. The summed E-state index contributed by atoms with van der Waals surface area (Å²) < 4.78 is 13.5. The van der Waals surface area contributed by atoms with Gasteiger partial charge in [-0.3, -0.25) is 4.57 Å². The Morgan fingerprint density at radius 1 is 1.27 bits per heavy atom. The van der Waals surface area contributed by atoms with Crippen LogP contribution < -0.4 is 4.74 Å². The number of thioether (sulfide) groups is 1. The van der Waals surface area contributed by atoms with Gasteiger partial charge < -0.3 is 9.15 Å². The minimum absolute atomic E-state index is 0.00441. The van der Waals surface area contributed by atoms with E-state index >= 15 is 0 Å². The number of halogens is 1. The molecule has 136 valence electrons. The summed E-state index contributed by atoms with van der Waals surface area (Å²) in [5, 5.41) is 18.1. The Morgan fingerprint density at radius 3 is 2.77 bits per heavy atom. The predicted octanol–water partition coefficient (Wildman–Crippen LogP) is 4.39. The monoisotopic (exact) mass is 391 g/mol. The molecule has 9 heteroatoms. The largest absolute Gasteiger partial charge is 0.484 e. The van der Waals surface area contributed by atoms with Gasteiger partial charge in [-0.05, 0) is 31.9 Å². The Labute approximate surface area is 160 Å². The third-order valence-electron chi connectivity index (χ3n) is 4.01. The fraction of sp³-hybridized carbons (Fsp3) is 0.412. The molecule has 4 rings (SSSR count). The number of nitrogens with zero attached hydrogens (tertiary/aromatic N) is 5. The summed E-state index contributed by atoms with van der Waals surface area (Å²) in [5.74, 6) is 2.59. The molecule has 0 aliphatic heterocycles. The molecule has 0 radical (unpaired) electrons. The van der Waals surface area contributed by atoms with Crippen molar-refractivity contribution in [3.63, 3.8) is 0 Å². The molecule has 1 aliphatic rings. The van der Waals surface area contributed by atoms with Gasteiger partial charge in [0.15, 0.2) is 11.0 Å². The molecular formula is C17H18ClN5O2S. The van der Waals surface area contributed by atoms with Crippen molar-refractivity contribution in [3.8, 4) is 5.75 Å². The standard InChI is InChI=1S/C17H18ClN5O2S/c1-10(16-21-19-11(2)25-16)26-17-22-20-15(23(17)12-7-8-12)9-24-14-6-4-3-5-13(14)18/h3-6,10,12H,7-9H2,1-2H3. The summed E-state index contributed by atoms with van der Waals surface area (Å²) in [6, 6.07) is 7.83. The molecule has 0 N–H and O–H groups in total. The minimum Gasteiger partial charge on any atom is -0.484 e. The predicted molar refractivity (Wildman–Crippen MR) is 97.4 cm³/mol. The first-order valence-corrected chi connectivity index (χ1v) is 9.65. The maximum absolute atomic E-state index is 6.15. The van der Waals surface area contributed by atoms with Crippen molar-refractivity contribution in [2.75, 3.05) is 0 Å². The first-order chi connectivity index (χ1) is 12.6. The highest BCUT2D eigenvalue weighted by atomic mass is 35.5. The lowest BCUT2D eigenvalue weighted by atomic mass is 10.3. The molecule has 1 aromatic carbocycles. The van der Waals surface area contributed by atoms with Crippen molar-refractivity contribution in [3.05, 3.63) is 46.9 Å². The van der Waals surface area contributed by atoms with Crippen LogP contribution in [0.3, 0.4) is 0 Å². The summed E-state index contributed by atoms with van der Waals surface area (Å²) >= 11 is 7.72. The average molecular weight is 392 g/mol. The Kier molecular flexibility index (Phi) is 4.86. The number of para-hydroxylation sites is 1. The second kappa shape index (κ2) is 7.28. The van der Waals surface area contributed by atoms with Gasteiger partial charge in [0.25, 0.3) is 0 Å². The van der Waals surface area contributed by atoms with Crippen LogP contribution in [0.2, 0.25) is 5.02 Å². The van der Waals surface area contributed by atoms with E-state index < -0.39 is 0 Å². The number of hydrogen-bond acceptors (Lipinski definition) is 7. The van der Waals surface area contributed by atoms with Crippen LogP contribution in [0.1, 0.15) is 48.7 Å². The smallest absolute Gasteiger partial charge is 0.229 e. The maximum Gasteiger partial charge on any atom is 0.229 e. The lowest BCUT2D eigenvalue weighted by Gasteiger charge is -2.12. The van der Waals surface area contributed by atoms with Gasteiger partial charge in [0.2, 0.25) is 11.8 Å². The lowest BCUT2D eigenvalue weighted by molar-refractivity contribution is 0.288. The molecule has 1 aliphatic carbocycles. The van der Waals surface area contributed by atoms with Crippen LogP contribution in [0.25, 0.3) is 0 Å². The summed E-state index contributed by atoms with van der Waals surface area (Å²) in [4.78, 5) is 0. The number of aryl methyl sites for hydroxylation is 1. The van der Waals surface area contributed by atoms with Gasteiger partial charge in [0.1, 0.15) is 12.4 Å². The van der Waals surface area contributed by atoms with Crippen molar-refractivity contribution < 1.29 is 9.15 Å². The molecule has 1 unspecified atom stereocenters. The van der Waals surface area contributed by atoms with Crippen LogP contribution in [0, 0.1) is 6.92 Å². The molecule has 1 fully saturated rings.